The lowest BCUT2D eigenvalue weighted by Gasteiger charge is -2.25. The van der Waals surface area contributed by atoms with Crippen molar-refractivity contribution in [2.45, 2.75) is 32.0 Å². The van der Waals surface area contributed by atoms with Crippen molar-refractivity contribution < 1.29 is 22.7 Å². The van der Waals surface area contributed by atoms with Crippen molar-refractivity contribution in [3.05, 3.63) is 95.7 Å². The summed E-state index contributed by atoms with van der Waals surface area (Å²) >= 11 is 0. The number of aromatic nitrogens is 3. The zero-order chi connectivity index (χ0) is 26.0. The zero-order valence-electron chi connectivity index (χ0n) is 19.7. The minimum absolute atomic E-state index is 0.0618. The van der Waals surface area contributed by atoms with Crippen LogP contribution in [0.3, 0.4) is 0 Å². The molecule has 0 saturated heterocycles. The summed E-state index contributed by atoms with van der Waals surface area (Å²) in [6.07, 6.45) is 3.95. The second-order valence-electron chi connectivity index (χ2n) is 8.90. The predicted octanol–water partition coefficient (Wildman–Crippen LogP) is 5.28. The number of hydrogen-bond acceptors (Lipinski definition) is 5. The molecule has 2 aromatic heterocycles. The number of carbonyl (C=O) groups excluding carboxylic acids is 1. The fourth-order valence-electron chi connectivity index (χ4n) is 4.45. The van der Waals surface area contributed by atoms with Crippen LogP contribution >= 0.6 is 0 Å². The van der Waals surface area contributed by atoms with Gasteiger partial charge in [0, 0.05) is 42.8 Å². The molecule has 190 valence electrons. The number of fused-ring (bicyclic) bond motifs is 1. The third-order valence-electron chi connectivity index (χ3n) is 6.32. The Morgan fingerprint density at radius 3 is 2.68 bits per heavy atom. The molecule has 0 fully saturated rings. The highest BCUT2D eigenvalue weighted by Gasteiger charge is 2.32. The molecule has 2 aromatic carbocycles. The summed E-state index contributed by atoms with van der Waals surface area (Å²) in [5, 5.41) is 2.66. The van der Waals surface area contributed by atoms with Crippen molar-refractivity contribution in [2.24, 2.45) is 11.7 Å². The summed E-state index contributed by atoms with van der Waals surface area (Å²) in [4.78, 5) is 21.3. The molecule has 1 aliphatic rings. The molecule has 1 unspecified atom stereocenters. The van der Waals surface area contributed by atoms with Gasteiger partial charge in [0.1, 0.15) is 23.6 Å². The number of nitrogens with one attached hydrogen (secondary N) is 1. The van der Waals surface area contributed by atoms with E-state index < -0.39 is 11.7 Å². The van der Waals surface area contributed by atoms with Crippen LogP contribution in [0.4, 0.5) is 18.9 Å². The minimum atomic E-state index is -4.53. The van der Waals surface area contributed by atoms with E-state index in [2.05, 4.69) is 15.3 Å². The SMILES string of the molecule is NCc1cc(NC(=O)C2CCc3ccc(Oc4ccnc(-n5ccnc5)c4)cc3C2)cc(C(F)(F)F)c1. The number of rotatable bonds is 6. The molecule has 0 aliphatic heterocycles. The Bertz CT molecular complexity index is 1420. The first-order valence-corrected chi connectivity index (χ1v) is 11.7. The molecule has 37 heavy (non-hydrogen) atoms. The van der Waals surface area contributed by atoms with Gasteiger partial charge in [-0.2, -0.15) is 13.2 Å². The van der Waals surface area contributed by atoms with E-state index in [1.807, 2.05) is 18.2 Å². The standard InChI is InChI=1S/C27H24F3N5O2/c28-27(29,30)21-9-17(15-31)10-22(13-21)34-26(36)19-2-1-18-3-4-23(12-20(18)11-19)37-24-5-6-33-25(14-24)35-8-7-32-16-35/h3-10,12-14,16,19H,1-2,11,15,31H2,(H,34,36). The number of carbonyl (C=O) groups is 1. The van der Waals surface area contributed by atoms with Crippen LogP contribution in [0.5, 0.6) is 11.5 Å². The smallest absolute Gasteiger partial charge is 0.416 e. The molecule has 0 radical (unpaired) electrons. The van der Waals surface area contributed by atoms with Gasteiger partial charge in [0.2, 0.25) is 5.91 Å². The highest BCUT2D eigenvalue weighted by Crippen LogP contribution is 2.34. The summed E-state index contributed by atoms with van der Waals surface area (Å²) in [5.41, 5.74) is 7.20. The number of amides is 1. The Hall–Kier alpha value is -4.18. The maximum Gasteiger partial charge on any atom is 0.416 e. The van der Waals surface area contributed by atoms with Crippen molar-refractivity contribution in [2.75, 3.05) is 5.32 Å². The van der Waals surface area contributed by atoms with E-state index in [-0.39, 0.29) is 24.1 Å². The number of anilines is 1. The summed E-state index contributed by atoms with van der Waals surface area (Å²) in [5.74, 6) is 1.18. The lowest BCUT2D eigenvalue weighted by Crippen LogP contribution is -2.28. The van der Waals surface area contributed by atoms with Crippen molar-refractivity contribution in [3.63, 3.8) is 0 Å². The van der Waals surface area contributed by atoms with Gasteiger partial charge in [-0.1, -0.05) is 6.07 Å². The van der Waals surface area contributed by atoms with E-state index in [0.29, 0.717) is 42.1 Å². The fraction of sp³-hybridized carbons (Fsp3) is 0.222. The highest BCUT2D eigenvalue weighted by molar-refractivity contribution is 5.93. The quantitative estimate of drug-likeness (QED) is 0.370. The molecular weight excluding hydrogens is 483 g/mol. The van der Waals surface area contributed by atoms with E-state index in [4.69, 9.17) is 10.5 Å². The van der Waals surface area contributed by atoms with Crippen molar-refractivity contribution in [1.29, 1.82) is 0 Å². The van der Waals surface area contributed by atoms with Crippen LogP contribution in [0.25, 0.3) is 5.82 Å². The van der Waals surface area contributed by atoms with Crippen LogP contribution in [0.2, 0.25) is 0 Å². The molecule has 5 rings (SSSR count). The molecule has 0 spiro atoms. The zero-order valence-corrected chi connectivity index (χ0v) is 19.7. The number of alkyl halides is 3. The first-order chi connectivity index (χ1) is 17.8. The minimum Gasteiger partial charge on any atom is -0.457 e. The number of pyridine rings is 1. The lowest BCUT2D eigenvalue weighted by molar-refractivity contribution is -0.137. The molecule has 1 amide bonds. The van der Waals surface area contributed by atoms with Gasteiger partial charge in [-0.05, 0) is 72.4 Å². The van der Waals surface area contributed by atoms with Gasteiger partial charge in [-0.15, -0.1) is 0 Å². The van der Waals surface area contributed by atoms with E-state index in [1.54, 1.807) is 41.6 Å². The highest BCUT2D eigenvalue weighted by atomic mass is 19.4. The maximum atomic E-state index is 13.3. The number of nitrogens with zero attached hydrogens (tertiary/aromatic N) is 3. The van der Waals surface area contributed by atoms with Crippen LogP contribution in [0.1, 0.15) is 28.7 Å². The average molecular weight is 508 g/mol. The number of halogens is 3. The number of nitrogens with two attached hydrogens (primary N) is 1. The topological polar surface area (TPSA) is 95.1 Å². The molecule has 0 saturated carbocycles. The van der Waals surface area contributed by atoms with Gasteiger partial charge >= 0.3 is 6.18 Å². The Morgan fingerprint density at radius 2 is 1.92 bits per heavy atom. The summed E-state index contributed by atoms with van der Waals surface area (Å²) in [7, 11) is 0. The van der Waals surface area contributed by atoms with Gasteiger partial charge < -0.3 is 15.8 Å². The Morgan fingerprint density at radius 1 is 1.08 bits per heavy atom. The molecule has 1 atom stereocenters. The second kappa shape index (κ2) is 10.1. The molecule has 4 aromatic rings. The Kier molecular flexibility index (Phi) is 6.66. The molecule has 1 aliphatic carbocycles. The maximum absolute atomic E-state index is 13.3. The Labute approximate surface area is 211 Å². The molecule has 2 heterocycles. The van der Waals surface area contributed by atoms with Gasteiger partial charge in [0.15, 0.2) is 0 Å². The molecular formula is C27H24F3N5O2. The van der Waals surface area contributed by atoms with E-state index in [9.17, 15) is 18.0 Å². The third kappa shape index (κ3) is 5.64. The summed E-state index contributed by atoms with van der Waals surface area (Å²) in [6.45, 7) is -0.0618. The van der Waals surface area contributed by atoms with Crippen molar-refractivity contribution in [1.82, 2.24) is 14.5 Å². The molecule has 7 nitrogen and oxygen atoms in total. The first kappa shape index (κ1) is 24.5. The van der Waals surface area contributed by atoms with Crippen molar-refractivity contribution >= 4 is 11.6 Å². The lowest BCUT2D eigenvalue weighted by atomic mass is 9.83. The number of hydrogen-bond donors (Lipinski definition) is 2. The van der Waals surface area contributed by atoms with Crippen LogP contribution in [0.15, 0.2) is 73.4 Å². The van der Waals surface area contributed by atoms with E-state index >= 15 is 0 Å². The van der Waals surface area contributed by atoms with Crippen LogP contribution in [-0.2, 0) is 30.4 Å². The largest absolute Gasteiger partial charge is 0.457 e. The monoisotopic (exact) mass is 507 g/mol. The van der Waals surface area contributed by atoms with Gasteiger partial charge in [0.05, 0.1) is 5.56 Å². The Balaban J connectivity index is 1.30. The third-order valence-corrected chi connectivity index (χ3v) is 6.32. The number of imidazole rings is 1. The van der Waals surface area contributed by atoms with Gasteiger partial charge in [-0.3, -0.25) is 9.36 Å². The average Bonchev–Trinajstić information content (AvgIpc) is 3.43. The molecule has 3 N–H and O–H groups in total. The number of aryl methyl sites for hydroxylation is 1. The number of benzene rings is 2. The molecule has 10 heteroatoms. The predicted molar refractivity (Wildman–Crippen MR) is 131 cm³/mol. The van der Waals surface area contributed by atoms with E-state index in [1.165, 1.54) is 6.07 Å². The second-order valence-corrected chi connectivity index (χ2v) is 8.90. The van der Waals surface area contributed by atoms with E-state index in [0.717, 1.165) is 23.3 Å². The summed E-state index contributed by atoms with van der Waals surface area (Å²) in [6, 6.07) is 12.7. The number of ether oxygens (including phenoxy) is 1. The normalized spacial score (nSPS) is 15.2. The summed E-state index contributed by atoms with van der Waals surface area (Å²) < 4.78 is 47.6. The first-order valence-electron chi connectivity index (χ1n) is 11.7. The molecule has 0 bridgehead atoms. The van der Waals surface area contributed by atoms with Gasteiger partial charge in [0.25, 0.3) is 0 Å². The van der Waals surface area contributed by atoms with Crippen LogP contribution in [-0.4, -0.2) is 20.4 Å². The fourth-order valence-corrected chi connectivity index (χ4v) is 4.45. The van der Waals surface area contributed by atoms with Crippen molar-refractivity contribution in [3.8, 4) is 17.3 Å². The van der Waals surface area contributed by atoms with Gasteiger partial charge in [-0.25, -0.2) is 9.97 Å². The van der Waals surface area contributed by atoms with Crippen LogP contribution in [0, 0.1) is 5.92 Å². The van der Waals surface area contributed by atoms with Crippen LogP contribution < -0.4 is 15.8 Å².